The highest BCUT2D eigenvalue weighted by Crippen LogP contribution is 2.43. The highest BCUT2D eigenvalue weighted by molar-refractivity contribution is 5.93. The average Bonchev–Trinajstić information content (AvgIpc) is 2.65. The quantitative estimate of drug-likeness (QED) is 0.407. The Hall–Kier alpha value is -1.97. The maximum atomic E-state index is 11.5. The second kappa shape index (κ2) is 3.27. The lowest BCUT2D eigenvalue weighted by Gasteiger charge is -2.26. The van der Waals surface area contributed by atoms with Crippen LogP contribution in [-0.2, 0) is 9.53 Å². The molecule has 2 heterocycles. The summed E-state index contributed by atoms with van der Waals surface area (Å²) in [7, 11) is 0. The number of esters is 1. The number of ether oxygens (including phenoxy) is 2. The minimum Gasteiger partial charge on any atom is -0.515 e. The molecule has 2 atom stereocenters. The summed E-state index contributed by atoms with van der Waals surface area (Å²) in [5.41, 5.74) is 1.20. The van der Waals surface area contributed by atoms with Crippen LogP contribution < -0.4 is 4.74 Å². The summed E-state index contributed by atoms with van der Waals surface area (Å²) in [6.07, 6.45) is 0.524. The van der Waals surface area contributed by atoms with E-state index in [0.717, 1.165) is 17.6 Å². The van der Waals surface area contributed by atoms with Gasteiger partial charge in [0.25, 0.3) is 0 Å². The van der Waals surface area contributed by atoms with E-state index < -0.39 is 5.97 Å². The third kappa shape index (κ3) is 1.13. The molecule has 1 fully saturated rings. The molecule has 0 aromatic heterocycles. The molecular formula is C12H10O4. The van der Waals surface area contributed by atoms with Gasteiger partial charge in [-0.25, -0.2) is 4.79 Å². The van der Waals surface area contributed by atoms with Gasteiger partial charge in [0, 0.05) is 5.56 Å². The van der Waals surface area contributed by atoms with Gasteiger partial charge in [0.15, 0.2) is 0 Å². The van der Waals surface area contributed by atoms with E-state index in [1.54, 1.807) is 0 Å². The lowest BCUT2D eigenvalue weighted by atomic mass is 9.87. The number of para-hydroxylation sites is 1. The monoisotopic (exact) mass is 218 g/mol. The maximum absolute atomic E-state index is 11.5. The maximum Gasteiger partial charge on any atom is 0.338 e. The van der Waals surface area contributed by atoms with Gasteiger partial charge in [-0.3, -0.25) is 0 Å². The first-order valence-electron chi connectivity index (χ1n) is 5.08. The van der Waals surface area contributed by atoms with E-state index in [2.05, 4.69) is 0 Å². The topological polar surface area (TPSA) is 55.8 Å². The summed E-state index contributed by atoms with van der Waals surface area (Å²) in [4.78, 5) is 11.5. The number of fused-ring (bicyclic) bond motifs is 3. The highest BCUT2D eigenvalue weighted by Gasteiger charge is 2.45. The van der Waals surface area contributed by atoms with E-state index >= 15 is 0 Å². The van der Waals surface area contributed by atoms with Crippen LogP contribution >= 0.6 is 0 Å². The fourth-order valence-electron chi connectivity index (χ4n) is 2.27. The van der Waals surface area contributed by atoms with Crippen molar-refractivity contribution in [2.45, 2.75) is 12.0 Å². The first kappa shape index (κ1) is 9.27. The van der Waals surface area contributed by atoms with E-state index in [1.165, 1.54) is 0 Å². The van der Waals surface area contributed by atoms with Crippen LogP contribution in [0.4, 0.5) is 0 Å². The van der Waals surface area contributed by atoms with Crippen molar-refractivity contribution >= 4 is 5.97 Å². The van der Waals surface area contributed by atoms with Crippen LogP contribution in [0.1, 0.15) is 11.5 Å². The summed E-state index contributed by atoms with van der Waals surface area (Å²) in [5, 5.41) is 9.10. The zero-order valence-electron chi connectivity index (χ0n) is 8.42. The first-order chi connectivity index (χ1) is 7.81. The van der Waals surface area contributed by atoms with Gasteiger partial charge in [-0.15, -0.1) is 0 Å². The Morgan fingerprint density at radius 3 is 3.00 bits per heavy atom. The summed E-state index contributed by atoms with van der Waals surface area (Å²) >= 11 is 0. The highest BCUT2D eigenvalue weighted by atomic mass is 16.6. The summed E-state index contributed by atoms with van der Waals surface area (Å²) in [6, 6.07) is 7.49. The third-order valence-corrected chi connectivity index (χ3v) is 3.00. The molecule has 0 bridgehead atoms. The van der Waals surface area contributed by atoms with Crippen molar-refractivity contribution < 1.29 is 19.4 Å². The summed E-state index contributed by atoms with van der Waals surface area (Å²) < 4.78 is 10.6. The van der Waals surface area contributed by atoms with Crippen LogP contribution in [-0.4, -0.2) is 23.8 Å². The normalized spacial score (nSPS) is 29.2. The van der Waals surface area contributed by atoms with E-state index in [9.17, 15) is 4.79 Å². The SMILES string of the molecule is O=C1OC2COc3ccccc3C2C1=CO. The van der Waals surface area contributed by atoms with Crippen molar-refractivity contribution in [1.29, 1.82) is 0 Å². The lowest BCUT2D eigenvalue weighted by molar-refractivity contribution is -0.140. The minimum absolute atomic E-state index is 0.206. The molecule has 1 N–H and O–H groups in total. The number of hydrogen-bond acceptors (Lipinski definition) is 4. The van der Waals surface area contributed by atoms with E-state index in [-0.39, 0.29) is 12.0 Å². The average molecular weight is 218 g/mol. The molecule has 2 unspecified atom stereocenters. The summed E-state index contributed by atoms with van der Waals surface area (Å²) in [5.74, 6) is 0.0849. The molecule has 3 rings (SSSR count). The van der Waals surface area contributed by atoms with Gasteiger partial charge in [0.2, 0.25) is 0 Å². The Morgan fingerprint density at radius 1 is 1.38 bits per heavy atom. The molecule has 0 saturated carbocycles. The molecule has 2 aliphatic heterocycles. The van der Waals surface area contributed by atoms with Crippen molar-refractivity contribution in [3.05, 3.63) is 41.7 Å². The Kier molecular flexibility index (Phi) is 1.89. The number of carbonyl (C=O) groups is 1. The first-order valence-corrected chi connectivity index (χ1v) is 5.08. The second-order valence-corrected chi connectivity index (χ2v) is 3.85. The number of carbonyl (C=O) groups excluding carboxylic acids is 1. The molecule has 0 radical (unpaired) electrons. The molecule has 16 heavy (non-hydrogen) atoms. The van der Waals surface area contributed by atoms with Crippen LogP contribution in [0.2, 0.25) is 0 Å². The van der Waals surface area contributed by atoms with Crippen LogP contribution in [0.5, 0.6) is 5.75 Å². The van der Waals surface area contributed by atoms with Crippen LogP contribution in [0.25, 0.3) is 0 Å². The molecule has 4 nitrogen and oxygen atoms in total. The van der Waals surface area contributed by atoms with Gasteiger partial charge in [0.1, 0.15) is 18.5 Å². The molecule has 0 amide bonds. The van der Waals surface area contributed by atoms with Crippen LogP contribution in [0, 0.1) is 0 Å². The molecule has 4 heteroatoms. The van der Waals surface area contributed by atoms with Crippen LogP contribution in [0.15, 0.2) is 36.1 Å². The standard InChI is InChI=1S/C12H10O4/c13-5-8-11-7-3-1-2-4-9(7)15-6-10(11)16-12(8)14/h1-5,10-11,13H,6H2. The third-order valence-electron chi connectivity index (χ3n) is 3.00. The Bertz CT molecular complexity index is 478. The van der Waals surface area contributed by atoms with E-state index in [1.807, 2.05) is 24.3 Å². The number of benzene rings is 1. The molecule has 1 saturated heterocycles. The molecule has 1 aromatic carbocycles. The Labute approximate surface area is 92.1 Å². The van der Waals surface area contributed by atoms with Gasteiger partial charge in [-0.2, -0.15) is 0 Å². The van der Waals surface area contributed by atoms with Crippen molar-refractivity contribution in [2.24, 2.45) is 0 Å². The van der Waals surface area contributed by atoms with Crippen molar-refractivity contribution in [2.75, 3.05) is 6.61 Å². The van der Waals surface area contributed by atoms with Crippen LogP contribution in [0.3, 0.4) is 0 Å². The van der Waals surface area contributed by atoms with Crippen molar-refractivity contribution in [1.82, 2.24) is 0 Å². The molecule has 0 spiro atoms. The van der Waals surface area contributed by atoms with Gasteiger partial charge < -0.3 is 14.6 Å². The number of rotatable bonds is 0. The molecule has 0 aliphatic carbocycles. The van der Waals surface area contributed by atoms with Gasteiger partial charge in [-0.1, -0.05) is 18.2 Å². The second-order valence-electron chi connectivity index (χ2n) is 3.85. The van der Waals surface area contributed by atoms with E-state index in [0.29, 0.717) is 12.2 Å². The fourth-order valence-corrected chi connectivity index (χ4v) is 2.27. The fraction of sp³-hybridized carbons (Fsp3) is 0.250. The predicted molar refractivity (Wildman–Crippen MR) is 55.3 cm³/mol. The number of aliphatic hydroxyl groups is 1. The van der Waals surface area contributed by atoms with Crippen molar-refractivity contribution in [3.63, 3.8) is 0 Å². The smallest absolute Gasteiger partial charge is 0.338 e. The van der Waals surface area contributed by atoms with Gasteiger partial charge >= 0.3 is 5.97 Å². The Morgan fingerprint density at radius 2 is 2.19 bits per heavy atom. The van der Waals surface area contributed by atoms with Gasteiger partial charge in [-0.05, 0) is 6.07 Å². The zero-order valence-corrected chi connectivity index (χ0v) is 8.42. The van der Waals surface area contributed by atoms with Gasteiger partial charge in [0.05, 0.1) is 17.8 Å². The zero-order chi connectivity index (χ0) is 11.1. The predicted octanol–water partition coefficient (Wildman–Crippen LogP) is 1.53. The summed E-state index contributed by atoms with van der Waals surface area (Å²) in [6.45, 7) is 0.338. The molecule has 1 aromatic rings. The van der Waals surface area contributed by atoms with Crippen molar-refractivity contribution in [3.8, 4) is 5.75 Å². The molecular weight excluding hydrogens is 208 g/mol. The molecule has 2 aliphatic rings. The van der Waals surface area contributed by atoms with E-state index in [4.69, 9.17) is 14.6 Å². The number of aliphatic hydroxyl groups excluding tert-OH is 1. The Balaban J connectivity index is 2.13. The largest absolute Gasteiger partial charge is 0.515 e. The number of hydrogen-bond donors (Lipinski definition) is 1. The lowest BCUT2D eigenvalue weighted by Crippen LogP contribution is -2.28. The molecule has 82 valence electrons. The minimum atomic E-state index is -0.460.